The number of rotatable bonds is 2. The minimum Gasteiger partial charge on any atom is -0.296 e. The first-order valence-electron chi connectivity index (χ1n) is 5.92. The van der Waals surface area contributed by atoms with Crippen molar-refractivity contribution < 1.29 is 0 Å². The largest absolute Gasteiger partial charge is 0.296 e. The van der Waals surface area contributed by atoms with E-state index in [1.165, 1.54) is 19.5 Å². The molecule has 0 unspecified atom stereocenters. The number of hydrogen-bond acceptors (Lipinski definition) is 2. The molecule has 2 heteroatoms. The molecule has 15 heavy (non-hydrogen) atoms. The van der Waals surface area contributed by atoms with E-state index in [1.54, 1.807) is 16.0 Å². The van der Waals surface area contributed by atoms with Crippen LogP contribution >= 0.6 is 11.3 Å². The lowest BCUT2D eigenvalue weighted by atomic mass is 9.97. The molecule has 1 nitrogen and oxygen atoms in total. The van der Waals surface area contributed by atoms with Gasteiger partial charge in [-0.1, -0.05) is 13.8 Å². The van der Waals surface area contributed by atoms with Gasteiger partial charge in [-0.05, 0) is 42.7 Å². The van der Waals surface area contributed by atoms with E-state index in [9.17, 15) is 0 Å². The first-order valence-corrected chi connectivity index (χ1v) is 6.80. The van der Waals surface area contributed by atoms with Crippen LogP contribution in [-0.4, -0.2) is 17.5 Å². The first-order chi connectivity index (χ1) is 7.09. The van der Waals surface area contributed by atoms with Gasteiger partial charge in [0.1, 0.15) is 0 Å². The number of fused-ring (bicyclic) bond motifs is 1. The fourth-order valence-corrected chi connectivity index (χ4v) is 3.50. The topological polar surface area (TPSA) is 3.24 Å². The van der Waals surface area contributed by atoms with Crippen molar-refractivity contribution in [3.05, 3.63) is 21.4 Å². The molecule has 0 aromatic carbocycles. The summed E-state index contributed by atoms with van der Waals surface area (Å²) in [6.45, 7) is 11.6. The van der Waals surface area contributed by atoms with Crippen molar-refractivity contribution in [2.75, 3.05) is 6.54 Å². The van der Waals surface area contributed by atoms with Crippen molar-refractivity contribution in [2.45, 2.75) is 52.6 Å². The third-order valence-corrected chi connectivity index (χ3v) is 4.46. The quantitative estimate of drug-likeness (QED) is 0.740. The number of thiophene rings is 1. The van der Waals surface area contributed by atoms with E-state index in [2.05, 4.69) is 38.0 Å². The molecular formula is C13H21NS. The second kappa shape index (κ2) is 4.26. The normalized spacial score (nSPS) is 17.5. The van der Waals surface area contributed by atoms with Crippen LogP contribution in [0.2, 0.25) is 0 Å². The summed E-state index contributed by atoms with van der Waals surface area (Å²) in [5.74, 6) is 0.678. The van der Waals surface area contributed by atoms with Gasteiger partial charge >= 0.3 is 0 Å². The molecule has 2 heterocycles. The molecule has 0 aliphatic carbocycles. The highest BCUT2D eigenvalue weighted by molar-refractivity contribution is 7.10. The minimum atomic E-state index is 0.678. The summed E-state index contributed by atoms with van der Waals surface area (Å²) in [6.07, 6.45) is 1.25. The summed E-state index contributed by atoms with van der Waals surface area (Å²) < 4.78 is 0. The molecule has 0 spiro atoms. The summed E-state index contributed by atoms with van der Waals surface area (Å²) in [5, 5.41) is 2.37. The molecule has 0 N–H and O–H groups in total. The maximum atomic E-state index is 2.58. The predicted molar refractivity (Wildman–Crippen MR) is 67.7 cm³/mol. The highest BCUT2D eigenvalue weighted by Crippen LogP contribution is 2.33. The molecule has 1 aliphatic heterocycles. The average molecular weight is 223 g/mol. The van der Waals surface area contributed by atoms with Gasteiger partial charge in [-0.3, -0.25) is 4.90 Å². The van der Waals surface area contributed by atoms with Gasteiger partial charge in [-0.15, -0.1) is 11.3 Å². The zero-order valence-electron chi connectivity index (χ0n) is 10.2. The molecule has 1 aromatic heterocycles. The molecule has 84 valence electrons. The van der Waals surface area contributed by atoms with Gasteiger partial charge < -0.3 is 0 Å². The summed E-state index contributed by atoms with van der Waals surface area (Å²) >= 11 is 1.97. The first kappa shape index (κ1) is 11.2. The monoisotopic (exact) mass is 223 g/mol. The van der Waals surface area contributed by atoms with Gasteiger partial charge in [0.2, 0.25) is 0 Å². The van der Waals surface area contributed by atoms with E-state index in [-0.39, 0.29) is 0 Å². The fraction of sp³-hybridized carbons (Fsp3) is 0.692. The Labute approximate surface area is 97.1 Å². The standard InChI is InChI=1S/C13H21NS/c1-9(2)12-8-15-13-5-6-14(10(3)4)7-11(12)13/h8-10H,5-7H2,1-4H3. The number of hydrogen-bond donors (Lipinski definition) is 0. The van der Waals surface area contributed by atoms with E-state index in [4.69, 9.17) is 0 Å². The number of nitrogens with zero attached hydrogens (tertiary/aromatic N) is 1. The molecule has 0 saturated heterocycles. The van der Waals surface area contributed by atoms with Crippen LogP contribution in [0.1, 0.15) is 49.6 Å². The van der Waals surface area contributed by atoms with Crippen molar-refractivity contribution in [1.29, 1.82) is 0 Å². The Bertz CT molecular complexity index is 338. The molecule has 1 aromatic rings. The summed E-state index contributed by atoms with van der Waals surface area (Å²) in [5.41, 5.74) is 3.22. The molecule has 1 aliphatic rings. The molecule has 0 bridgehead atoms. The smallest absolute Gasteiger partial charge is 0.0250 e. The van der Waals surface area contributed by atoms with Crippen LogP contribution in [0.15, 0.2) is 5.38 Å². The lowest BCUT2D eigenvalue weighted by Crippen LogP contribution is -2.35. The van der Waals surface area contributed by atoms with E-state index in [0.717, 1.165) is 0 Å². The summed E-state index contributed by atoms with van der Waals surface area (Å²) in [7, 11) is 0. The lowest BCUT2D eigenvalue weighted by Gasteiger charge is -2.31. The highest BCUT2D eigenvalue weighted by atomic mass is 32.1. The lowest BCUT2D eigenvalue weighted by molar-refractivity contribution is 0.204. The predicted octanol–water partition coefficient (Wildman–Crippen LogP) is 3.64. The maximum Gasteiger partial charge on any atom is 0.0250 e. The van der Waals surface area contributed by atoms with Gasteiger partial charge in [0.15, 0.2) is 0 Å². The zero-order valence-corrected chi connectivity index (χ0v) is 11.0. The van der Waals surface area contributed by atoms with E-state index in [0.29, 0.717) is 12.0 Å². The SMILES string of the molecule is CC(C)c1csc2c1CN(C(C)C)CC2. The summed E-state index contributed by atoms with van der Waals surface area (Å²) in [6, 6.07) is 0.679. The Morgan fingerprint density at radius 3 is 2.60 bits per heavy atom. The van der Waals surface area contributed by atoms with Gasteiger partial charge in [-0.2, -0.15) is 0 Å². The average Bonchev–Trinajstić information content (AvgIpc) is 2.59. The van der Waals surface area contributed by atoms with Gasteiger partial charge in [0.05, 0.1) is 0 Å². The third kappa shape index (κ3) is 2.11. The molecule has 2 rings (SSSR count). The molecular weight excluding hydrogens is 202 g/mol. The van der Waals surface area contributed by atoms with Crippen molar-refractivity contribution in [2.24, 2.45) is 0 Å². The Morgan fingerprint density at radius 2 is 2.00 bits per heavy atom. The molecule has 0 amide bonds. The molecule has 0 fully saturated rings. The zero-order chi connectivity index (χ0) is 11.0. The molecule has 0 saturated carbocycles. The van der Waals surface area contributed by atoms with Crippen molar-refractivity contribution >= 4 is 11.3 Å². The van der Waals surface area contributed by atoms with Crippen LogP contribution in [-0.2, 0) is 13.0 Å². The van der Waals surface area contributed by atoms with E-state index < -0.39 is 0 Å². The second-order valence-electron chi connectivity index (χ2n) is 5.06. The van der Waals surface area contributed by atoms with Crippen LogP contribution in [0.3, 0.4) is 0 Å². The van der Waals surface area contributed by atoms with Gasteiger partial charge in [0, 0.05) is 24.0 Å². The van der Waals surface area contributed by atoms with E-state index in [1.807, 2.05) is 11.3 Å². The van der Waals surface area contributed by atoms with Crippen LogP contribution in [0.5, 0.6) is 0 Å². The van der Waals surface area contributed by atoms with Gasteiger partial charge in [0.25, 0.3) is 0 Å². The molecule has 0 radical (unpaired) electrons. The minimum absolute atomic E-state index is 0.678. The van der Waals surface area contributed by atoms with Crippen LogP contribution in [0, 0.1) is 0 Å². The Balaban J connectivity index is 2.26. The van der Waals surface area contributed by atoms with Crippen LogP contribution < -0.4 is 0 Å². The maximum absolute atomic E-state index is 2.58. The van der Waals surface area contributed by atoms with E-state index >= 15 is 0 Å². The second-order valence-corrected chi connectivity index (χ2v) is 6.03. The highest BCUT2D eigenvalue weighted by Gasteiger charge is 2.23. The third-order valence-electron chi connectivity index (χ3n) is 3.35. The Kier molecular flexibility index (Phi) is 3.17. The van der Waals surface area contributed by atoms with Crippen LogP contribution in [0.4, 0.5) is 0 Å². The van der Waals surface area contributed by atoms with Crippen LogP contribution in [0.25, 0.3) is 0 Å². The van der Waals surface area contributed by atoms with Crippen molar-refractivity contribution in [3.63, 3.8) is 0 Å². The Morgan fingerprint density at radius 1 is 1.27 bits per heavy atom. The van der Waals surface area contributed by atoms with Gasteiger partial charge in [-0.25, -0.2) is 0 Å². The fourth-order valence-electron chi connectivity index (χ4n) is 2.28. The van der Waals surface area contributed by atoms with Crippen molar-refractivity contribution in [1.82, 2.24) is 4.90 Å². The van der Waals surface area contributed by atoms with Crippen molar-refractivity contribution in [3.8, 4) is 0 Å². The summed E-state index contributed by atoms with van der Waals surface area (Å²) in [4.78, 5) is 4.22. The Hall–Kier alpha value is -0.340. The molecule has 0 atom stereocenters.